The molecule has 0 aromatic carbocycles. The molecule has 17 heavy (non-hydrogen) atoms. The summed E-state index contributed by atoms with van der Waals surface area (Å²) in [5.74, 6) is 1.07. The van der Waals surface area contributed by atoms with Crippen LogP contribution in [0.5, 0.6) is 0 Å². The summed E-state index contributed by atoms with van der Waals surface area (Å²) in [6, 6.07) is 10.1. The van der Waals surface area contributed by atoms with Crippen LogP contribution in [0, 0.1) is 0 Å². The molecule has 2 aromatic rings. The number of rotatable bonds is 5. The van der Waals surface area contributed by atoms with E-state index in [1.807, 2.05) is 24.4 Å². The zero-order valence-corrected chi connectivity index (χ0v) is 11.1. The number of aromatic nitrogens is 2. The number of thiol groups is 1. The molecule has 0 atom stereocenters. The Morgan fingerprint density at radius 3 is 2.71 bits per heavy atom. The van der Waals surface area contributed by atoms with E-state index in [1.54, 1.807) is 17.0 Å². The Morgan fingerprint density at radius 1 is 1.06 bits per heavy atom. The van der Waals surface area contributed by atoms with Crippen molar-refractivity contribution in [2.24, 2.45) is 0 Å². The number of pyridine rings is 2. The predicted octanol–water partition coefficient (Wildman–Crippen LogP) is 3.65. The van der Waals surface area contributed by atoms with E-state index in [9.17, 15) is 0 Å². The molecule has 0 saturated heterocycles. The van der Waals surface area contributed by atoms with Gasteiger partial charge in [0.15, 0.2) is 0 Å². The van der Waals surface area contributed by atoms with Gasteiger partial charge in [-0.1, -0.05) is 16.9 Å². The van der Waals surface area contributed by atoms with Crippen molar-refractivity contribution in [2.45, 2.75) is 12.8 Å². The summed E-state index contributed by atoms with van der Waals surface area (Å²) in [5.41, 5.74) is 3.18. The molecule has 0 spiro atoms. The fourth-order valence-electron chi connectivity index (χ4n) is 1.62. The molecule has 2 rings (SSSR count). The highest BCUT2D eigenvalue weighted by molar-refractivity contribution is 8.68. The van der Waals surface area contributed by atoms with Crippen LogP contribution in [0.25, 0.3) is 11.4 Å². The summed E-state index contributed by atoms with van der Waals surface area (Å²) in [6.07, 6.45) is 5.85. The maximum Gasteiger partial charge on any atom is 0.0888 e. The predicted molar refractivity (Wildman–Crippen MR) is 77.2 cm³/mol. The van der Waals surface area contributed by atoms with E-state index in [0.717, 1.165) is 30.0 Å². The van der Waals surface area contributed by atoms with Crippen molar-refractivity contribution in [1.82, 2.24) is 9.97 Å². The average molecular weight is 262 g/mol. The summed E-state index contributed by atoms with van der Waals surface area (Å²) >= 11 is 4.14. The Hall–Kier alpha value is -1.00. The zero-order chi connectivity index (χ0) is 11.9. The van der Waals surface area contributed by atoms with E-state index >= 15 is 0 Å². The van der Waals surface area contributed by atoms with Crippen molar-refractivity contribution in [3.05, 3.63) is 48.3 Å². The second-order valence-electron chi connectivity index (χ2n) is 3.70. The molecule has 0 radical (unpaired) electrons. The van der Waals surface area contributed by atoms with Crippen LogP contribution in [-0.4, -0.2) is 15.7 Å². The second-order valence-corrected chi connectivity index (χ2v) is 5.14. The topological polar surface area (TPSA) is 25.8 Å². The first-order valence-corrected chi connectivity index (χ1v) is 7.56. The Bertz CT molecular complexity index is 460. The lowest BCUT2D eigenvalue weighted by atomic mass is 10.1. The van der Waals surface area contributed by atoms with E-state index in [2.05, 4.69) is 33.8 Å². The van der Waals surface area contributed by atoms with Crippen LogP contribution >= 0.6 is 22.5 Å². The molecule has 0 aliphatic carbocycles. The third kappa shape index (κ3) is 3.75. The van der Waals surface area contributed by atoms with Crippen LogP contribution in [0.1, 0.15) is 12.0 Å². The van der Waals surface area contributed by atoms with Gasteiger partial charge in [-0.15, -0.1) is 11.7 Å². The normalized spacial score (nSPS) is 10.4. The first-order valence-electron chi connectivity index (χ1n) is 5.53. The Kier molecular flexibility index (Phi) is 4.88. The maximum atomic E-state index is 4.36. The molecule has 0 amide bonds. The van der Waals surface area contributed by atoms with Gasteiger partial charge in [0.2, 0.25) is 0 Å². The fraction of sp³-hybridized carbons (Fsp3) is 0.231. The van der Waals surface area contributed by atoms with Crippen LogP contribution in [0.2, 0.25) is 0 Å². The average Bonchev–Trinajstić information content (AvgIpc) is 2.41. The standard InChI is InChI=1S/C13H14N2S2/c16-17-9-3-4-11-6-8-15-13(10-11)12-5-1-2-7-14-12/h1-2,5-8,10,16H,3-4,9H2. The smallest absolute Gasteiger partial charge is 0.0888 e. The highest BCUT2D eigenvalue weighted by Gasteiger charge is 2.01. The molecule has 0 fully saturated rings. The molecule has 0 aliphatic heterocycles. The van der Waals surface area contributed by atoms with Crippen LogP contribution in [0.15, 0.2) is 42.7 Å². The molecule has 4 heteroatoms. The molecule has 0 N–H and O–H groups in total. The van der Waals surface area contributed by atoms with Crippen LogP contribution in [0.3, 0.4) is 0 Å². The Labute approximate surface area is 111 Å². The molecule has 2 aromatic heterocycles. The highest BCUT2D eigenvalue weighted by atomic mass is 33.1. The van der Waals surface area contributed by atoms with Crippen molar-refractivity contribution < 1.29 is 0 Å². The summed E-state index contributed by atoms with van der Waals surface area (Å²) in [4.78, 5) is 8.66. The van der Waals surface area contributed by atoms with Crippen molar-refractivity contribution in [1.29, 1.82) is 0 Å². The summed E-state index contributed by atoms with van der Waals surface area (Å²) in [6.45, 7) is 0. The van der Waals surface area contributed by atoms with E-state index in [4.69, 9.17) is 0 Å². The van der Waals surface area contributed by atoms with Crippen LogP contribution in [-0.2, 0) is 6.42 Å². The SMILES string of the molecule is SSCCCc1ccnc(-c2ccccn2)c1. The Morgan fingerprint density at radius 2 is 1.94 bits per heavy atom. The molecule has 0 saturated carbocycles. The number of hydrogen-bond acceptors (Lipinski definition) is 4. The molecule has 2 nitrogen and oxygen atoms in total. The van der Waals surface area contributed by atoms with E-state index in [0.29, 0.717) is 0 Å². The van der Waals surface area contributed by atoms with Crippen LogP contribution < -0.4 is 0 Å². The third-order valence-corrected chi connectivity index (χ3v) is 3.47. The lowest BCUT2D eigenvalue weighted by molar-refractivity contribution is 0.932. The number of hydrogen-bond donors (Lipinski definition) is 1. The number of aryl methyl sites for hydroxylation is 1. The maximum absolute atomic E-state index is 4.36. The minimum absolute atomic E-state index is 0.929. The minimum atomic E-state index is 0.929. The Balaban J connectivity index is 2.12. The largest absolute Gasteiger partial charge is 0.255 e. The molecule has 0 unspecified atom stereocenters. The van der Waals surface area contributed by atoms with Gasteiger partial charge >= 0.3 is 0 Å². The molecular weight excluding hydrogens is 248 g/mol. The van der Waals surface area contributed by atoms with Gasteiger partial charge in [-0.05, 0) is 42.7 Å². The molecule has 88 valence electrons. The van der Waals surface area contributed by atoms with Crippen molar-refractivity contribution in [3.63, 3.8) is 0 Å². The lowest BCUT2D eigenvalue weighted by Gasteiger charge is -2.03. The third-order valence-electron chi connectivity index (χ3n) is 2.45. The monoisotopic (exact) mass is 262 g/mol. The van der Waals surface area contributed by atoms with Crippen molar-refractivity contribution >= 4 is 22.5 Å². The van der Waals surface area contributed by atoms with Crippen molar-refractivity contribution in [2.75, 3.05) is 5.75 Å². The molecule has 2 heterocycles. The first-order chi connectivity index (χ1) is 8.40. The van der Waals surface area contributed by atoms with E-state index in [1.165, 1.54) is 5.56 Å². The minimum Gasteiger partial charge on any atom is -0.255 e. The zero-order valence-electron chi connectivity index (χ0n) is 9.41. The van der Waals surface area contributed by atoms with Gasteiger partial charge in [0.1, 0.15) is 0 Å². The van der Waals surface area contributed by atoms with E-state index in [-0.39, 0.29) is 0 Å². The quantitative estimate of drug-likeness (QED) is 0.506. The molecular formula is C13H14N2S2. The van der Waals surface area contributed by atoms with Gasteiger partial charge in [-0.2, -0.15) is 0 Å². The van der Waals surface area contributed by atoms with Gasteiger partial charge in [0.25, 0.3) is 0 Å². The fourth-order valence-corrected chi connectivity index (χ4v) is 2.29. The van der Waals surface area contributed by atoms with Gasteiger partial charge in [0, 0.05) is 18.1 Å². The van der Waals surface area contributed by atoms with Gasteiger partial charge in [-0.3, -0.25) is 9.97 Å². The van der Waals surface area contributed by atoms with Crippen molar-refractivity contribution in [3.8, 4) is 11.4 Å². The summed E-state index contributed by atoms with van der Waals surface area (Å²) in [7, 11) is 1.59. The number of nitrogens with zero attached hydrogens (tertiary/aromatic N) is 2. The molecule has 0 aliphatic rings. The molecule has 0 bridgehead atoms. The van der Waals surface area contributed by atoms with E-state index < -0.39 is 0 Å². The lowest BCUT2D eigenvalue weighted by Crippen LogP contribution is -1.91. The van der Waals surface area contributed by atoms with Gasteiger partial charge < -0.3 is 0 Å². The first kappa shape index (κ1) is 12.5. The van der Waals surface area contributed by atoms with Crippen LogP contribution in [0.4, 0.5) is 0 Å². The summed E-state index contributed by atoms with van der Waals surface area (Å²) in [5, 5.41) is 0. The van der Waals surface area contributed by atoms with Gasteiger partial charge in [0.05, 0.1) is 11.4 Å². The second kappa shape index (κ2) is 6.67. The summed E-state index contributed by atoms with van der Waals surface area (Å²) < 4.78 is 0. The highest BCUT2D eigenvalue weighted by Crippen LogP contribution is 2.16. The van der Waals surface area contributed by atoms with Gasteiger partial charge in [-0.25, -0.2) is 0 Å².